The summed E-state index contributed by atoms with van der Waals surface area (Å²) in [5.41, 5.74) is 5.49. The van der Waals surface area contributed by atoms with Crippen molar-refractivity contribution in [3.8, 4) is 0 Å². The van der Waals surface area contributed by atoms with Crippen molar-refractivity contribution in [3.05, 3.63) is 0 Å². The average Bonchev–Trinajstić information content (AvgIpc) is 2.85. The SMILES string of the molecule is CCCN(c1nc(N)ns1)C1CC1. The predicted molar refractivity (Wildman–Crippen MR) is 55.0 cm³/mol. The number of aromatic nitrogens is 2. The molecule has 0 atom stereocenters. The molecule has 0 aliphatic heterocycles. The molecule has 4 nitrogen and oxygen atoms in total. The highest BCUT2D eigenvalue weighted by Gasteiger charge is 2.30. The number of nitrogen functional groups attached to an aromatic ring is 1. The zero-order valence-electron chi connectivity index (χ0n) is 7.73. The highest BCUT2D eigenvalue weighted by atomic mass is 32.1. The number of nitrogens with zero attached hydrogens (tertiary/aromatic N) is 3. The van der Waals surface area contributed by atoms with Crippen molar-refractivity contribution in [2.75, 3.05) is 17.2 Å². The normalized spacial score (nSPS) is 16.1. The molecular weight excluding hydrogens is 184 g/mol. The molecular formula is C8H14N4S. The minimum absolute atomic E-state index is 0.404. The number of hydrogen-bond acceptors (Lipinski definition) is 5. The molecule has 1 heterocycles. The second-order valence-electron chi connectivity index (χ2n) is 3.36. The molecule has 0 aromatic carbocycles. The van der Waals surface area contributed by atoms with Crippen LogP contribution in [0.4, 0.5) is 11.1 Å². The molecule has 1 fully saturated rings. The van der Waals surface area contributed by atoms with Crippen LogP contribution >= 0.6 is 11.5 Å². The van der Waals surface area contributed by atoms with E-state index in [0.717, 1.165) is 18.1 Å². The van der Waals surface area contributed by atoms with Crippen LogP contribution in [0.3, 0.4) is 0 Å². The summed E-state index contributed by atoms with van der Waals surface area (Å²) in [6.07, 6.45) is 3.73. The van der Waals surface area contributed by atoms with Crippen LogP contribution in [0.2, 0.25) is 0 Å². The molecule has 0 saturated heterocycles. The van der Waals surface area contributed by atoms with Crippen LogP contribution in [-0.2, 0) is 0 Å². The molecule has 72 valence electrons. The minimum atomic E-state index is 0.404. The zero-order valence-corrected chi connectivity index (χ0v) is 8.55. The second-order valence-corrected chi connectivity index (χ2v) is 4.09. The van der Waals surface area contributed by atoms with Crippen molar-refractivity contribution < 1.29 is 0 Å². The Morgan fingerprint density at radius 3 is 2.85 bits per heavy atom. The Bertz CT molecular complexity index is 281. The van der Waals surface area contributed by atoms with E-state index >= 15 is 0 Å². The van der Waals surface area contributed by atoms with Gasteiger partial charge in [0.25, 0.3) is 0 Å². The van der Waals surface area contributed by atoms with Gasteiger partial charge in [0.1, 0.15) is 0 Å². The summed E-state index contributed by atoms with van der Waals surface area (Å²) >= 11 is 1.41. The fraction of sp³-hybridized carbons (Fsp3) is 0.750. The molecule has 13 heavy (non-hydrogen) atoms. The summed E-state index contributed by atoms with van der Waals surface area (Å²) in [6, 6.07) is 0.701. The van der Waals surface area contributed by atoms with E-state index in [1.807, 2.05) is 0 Å². The lowest BCUT2D eigenvalue weighted by molar-refractivity contribution is 0.760. The van der Waals surface area contributed by atoms with Gasteiger partial charge in [0.15, 0.2) is 0 Å². The lowest BCUT2D eigenvalue weighted by Crippen LogP contribution is -2.26. The van der Waals surface area contributed by atoms with Crippen LogP contribution in [0.25, 0.3) is 0 Å². The Morgan fingerprint density at radius 2 is 2.38 bits per heavy atom. The van der Waals surface area contributed by atoms with Gasteiger partial charge in [-0.25, -0.2) is 0 Å². The first-order valence-electron chi connectivity index (χ1n) is 4.67. The molecule has 0 unspecified atom stereocenters. The smallest absolute Gasteiger partial charge is 0.233 e. The van der Waals surface area contributed by atoms with Crippen molar-refractivity contribution >= 4 is 22.6 Å². The molecule has 1 aromatic rings. The largest absolute Gasteiger partial charge is 0.367 e. The number of hydrogen-bond donors (Lipinski definition) is 1. The van der Waals surface area contributed by atoms with Crippen LogP contribution in [0, 0.1) is 0 Å². The molecule has 1 saturated carbocycles. The Kier molecular flexibility index (Phi) is 2.35. The average molecular weight is 198 g/mol. The van der Waals surface area contributed by atoms with Gasteiger partial charge in [0, 0.05) is 24.1 Å². The van der Waals surface area contributed by atoms with Crippen molar-refractivity contribution in [3.63, 3.8) is 0 Å². The maximum atomic E-state index is 5.49. The number of rotatable bonds is 4. The van der Waals surface area contributed by atoms with Gasteiger partial charge in [-0.1, -0.05) is 6.92 Å². The Morgan fingerprint density at radius 1 is 1.62 bits per heavy atom. The summed E-state index contributed by atoms with van der Waals surface area (Å²) in [4.78, 5) is 6.53. The van der Waals surface area contributed by atoms with E-state index in [0.29, 0.717) is 12.0 Å². The maximum absolute atomic E-state index is 5.49. The summed E-state index contributed by atoms with van der Waals surface area (Å²) in [6.45, 7) is 3.25. The summed E-state index contributed by atoms with van der Waals surface area (Å²) < 4.78 is 4.00. The van der Waals surface area contributed by atoms with E-state index in [2.05, 4.69) is 21.2 Å². The van der Waals surface area contributed by atoms with Crippen LogP contribution in [0.1, 0.15) is 26.2 Å². The van der Waals surface area contributed by atoms with Crippen LogP contribution < -0.4 is 10.6 Å². The van der Waals surface area contributed by atoms with Gasteiger partial charge in [-0.3, -0.25) is 0 Å². The summed E-state index contributed by atoms with van der Waals surface area (Å²) in [5.74, 6) is 0.404. The van der Waals surface area contributed by atoms with Gasteiger partial charge in [-0.15, -0.1) is 0 Å². The third-order valence-electron chi connectivity index (χ3n) is 2.13. The van der Waals surface area contributed by atoms with E-state index in [4.69, 9.17) is 5.73 Å². The zero-order chi connectivity index (χ0) is 9.26. The molecule has 0 bridgehead atoms. The first-order valence-corrected chi connectivity index (χ1v) is 5.44. The van der Waals surface area contributed by atoms with E-state index in [-0.39, 0.29) is 0 Å². The molecule has 1 aliphatic rings. The minimum Gasteiger partial charge on any atom is -0.367 e. The Labute approximate surface area is 81.9 Å². The van der Waals surface area contributed by atoms with Gasteiger partial charge < -0.3 is 10.6 Å². The topological polar surface area (TPSA) is 55.0 Å². The van der Waals surface area contributed by atoms with E-state index in [1.165, 1.54) is 24.4 Å². The summed E-state index contributed by atoms with van der Waals surface area (Å²) in [5, 5.41) is 0.988. The van der Waals surface area contributed by atoms with Crippen molar-refractivity contribution in [1.29, 1.82) is 0 Å². The third kappa shape index (κ3) is 1.91. The van der Waals surface area contributed by atoms with Crippen LogP contribution in [0.15, 0.2) is 0 Å². The summed E-state index contributed by atoms with van der Waals surface area (Å²) in [7, 11) is 0. The van der Waals surface area contributed by atoms with Gasteiger partial charge in [0.05, 0.1) is 0 Å². The lowest BCUT2D eigenvalue weighted by atomic mass is 10.4. The fourth-order valence-electron chi connectivity index (χ4n) is 1.40. The van der Waals surface area contributed by atoms with Gasteiger partial charge >= 0.3 is 0 Å². The van der Waals surface area contributed by atoms with E-state index in [9.17, 15) is 0 Å². The highest BCUT2D eigenvalue weighted by molar-refractivity contribution is 7.09. The van der Waals surface area contributed by atoms with Gasteiger partial charge in [0.2, 0.25) is 11.1 Å². The standard InChI is InChI=1S/C8H14N4S/c1-2-5-12(6-3-4-6)8-10-7(9)11-13-8/h6H,2-5H2,1H3,(H2,9,11). The molecule has 0 amide bonds. The Hall–Kier alpha value is -0.840. The van der Waals surface area contributed by atoms with Crippen molar-refractivity contribution in [1.82, 2.24) is 9.36 Å². The monoisotopic (exact) mass is 198 g/mol. The fourth-order valence-corrected chi connectivity index (χ4v) is 2.10. The molecule has 5 heteroatoms. The molecule has 2 N–H and O–H groups in total. The first kappa shape index (κ1) is 8.74. The number of nitrogens with two attached hydrogens (primary N) is 1. The van der Waals surface area contributed by atoms with Gasteiger partial charge in [-0.05, 0) is 19.3 Å². The highest BCUT2D eigenvalue weighted by Crippen LogP contribution is 2.32. The lowest BCUT2D eigenvalue weighted by Gasteiger charge is -2.19. The van der Waals surface area contributed by atoms with Crippen molar-refractivity contribution in [2.24, 2.45) is 0 Å². The Balaban J connectivity index is 2.10. The number of anilines is 2. The maximum Gasteiger partial charge on any atom is 0.233 e. The second kappa shape index (κ2) is 3.49. The molecule has 1 aliphatic carbocycles. The quantitative estimate of drug-likeness (QED) is 0.796. The van der Waals surface area contributed by atoms with E-state index in [1.54, 1.807) is 0 Å². The molecule has 0 radical (unpaired) electrons. The van der Waals surface area contributed by atoms with Crippen molar-refractivity contribution in [2.45, 2.75) is 32.2 Å². The van der Waals surface area contributed by atoms with E-state index < -0.39 is 0 Å². The molecule has 2 rings (SSSR count). The molecule has 1 aromatic heterocycles. The van der Waals surface area contributed by atoms with Crippen LogP contribution in [0.5, 0.6) is 0 Å². The van der Waals surface area contributed by atoms with Crippen LogP contribution in [-0.4, -0.2) is 21.9 Å². The predicted octanol–water partition coefficient (Wildman–Crippen LogP) is 1.50. The first-order chi connectivity index (χ1) is 6.31. The molecule has 0 spiro atoms. The van der Waals surface area contributed by atoms with Gasteiger partial charge in [-0.2, -0.15) is 9.36 Å². The third-order valence-corrected chi connectivity index (χ3v) is 2.90.